The van der Waals surface area contributed by atoms with Crippen LogP contribution in [-0.4, -0.2) is 17.3 Å². The highest BCUT2D eigenvalue weighted by atomic mass is 35.5. The molecule has 1 aliphatic carbocycles. The summed E-state index contributed by atoms with van der Waals surface area (Å²) in [4.78, 5) is 0. The maximum absolute atomic E-state index is 9.78. The molecule has 1 saturated carbocycles. The molecule has 0 saturated heterocycles. The molecule has 0 unspecified atom stereocenters. The molecule has 2 nitrogen and oxygen atoms in total. The molecular formula is C12H14Cl2O2. The fourth-order valence-corrected chi connectivity index (χ4v) is 2.49. The molecule has 0 amide bonds. The Kier molecular flexibility index (Phi) is 3.95. The largest absolute Gasteiger partial charge is 0.488 e. The first-order valence-corrected chi connectivity index (χ1v) is 6.21. The van der Waals surface area contributed by atoms with E-state index >= 15 is 0 Å². The second-order valence-corrected chi connectivity index (χ2v) is 4.99. The molecule has 88 valence electrons. The van der Waals surface area contributed by atoms with Crippen LogP contribution in [0, 0.1) is 0 Å². The Balaban J connectivity index is 2.07. The first-order valence-electron chi connectivity index (χ1n) is 5.46. The Morgan fingerprint density at radius 1 is 1.06 bits per heavy atom. The quantitative estimate of drug-likeness (QED) is 0.880. The molecule has 0 aromatic heterocycles. The van der Waals surface area contributed by atoms with Gasteiger partial charge in [0.05, 0.1) is 6.10 Å². The smallest absolute Gasteiger partial charge is 0.124 e. The molecule has 1 aliphatic rings. The van der Waals surface area contributed by atoms with Crippen molar-refractivity contribution in [2.45, 2.75) is 37.9 Å². The predicted molar refractivity (Wildman–Crippen MR) is 65.4 cm³/mol. The van der Waals surface area contributed by atoms with Crippen molar-refractivity contribution in [1.29, 1.82) is 0 Å². The Morgan fingerprint density at radius 2 is 1.69 bits per heavy atom. The van der Waals surface area contributed by atoms with Crippen LogP contribution >= 0.6 is 23.2 Å². The van der Waals surface area contributed by atoms with Gasteiger partial charge in [-0.15, -0.1) is 0 Å². The van der Waals surface area contributed by atoms with Crippen LogP contribution in [0.1, 0.15) is 25.7 Å². The normalized spacial score (nSPS) is 25.4. The molecule has 0 heterocycles. The molecule has 2 rings (SSSR count). The number of halogens is 2. The molecule has 16 heavy (non-hydrogen) atoms. The van der Waals surface area contributed by atoms with Crippen LogP contribution in [0.3, 0.4) is 0 Å². The third kappa shape index (κ3) is 3.03. The van der Waals surface area contributed by atoms with Gasteiger partial charge in [0, 0.05) is 10.0 Å². The highest BCUT2D eigenvalue weighted by Gasteiger charge is 2.24. The fraction of sp³-hybridized carbons (Fsp3) is 0.500. The van der Waals surface area contributed by atoms with Gasteiger partial charge in [-0.1, -0.05) is 29.6 Å². The van der Waals surface area contributed by atoms with E-state index in [-0.39, 0.29) is 12.2 Å². The number of hydrogen-bond donors (Lipinski definition) is 1. The van der Waals surface area contributed by atoms with E-state index in [9.17, 15) is 5.11 Å². The van der Waals surface area contributed by atoms with Crippen molar-refractivity contribution >= 4 is 23.2 Å². The first-order chi connectivity index (χ1) is 7.65. The van der Waals surface area contributed by atoms with Crippen LogP contribution in [0.25, 0.3) is 0 Å². The zero-order chi connectivity index (χ0) is 11.5. The maximum Gasteiger partial charge on any atom is 0.124 e. The SMILES string of the molecule is O[C@H]1CCCC[C@@H]1Oc1cc(Cl)cc(Cl)c1. The minimum absolute atomic E-state index is 0.136. The summed E-state index contributed by atoms with van der Waals surface area (Å²) in [5.41, 5.74) is 0. The van der Waals surface area contributed by atoms with Gasteiger partial charge < -0.3 is 9.84 Å². The summed E-state index contributed by atoms with van der Waals surface area (Å²) in [6, 6.07) is 5.09. The lowest BCUT2D eigenvalue weighted by molar-refractivity contribution is 0.00688. The zero-order valence-corrected chi connectivity index (χ0v) is 10.3. The lowest BCUT2D eigenvalue weighted by Crippen LogP contribution is -2.34. The molecule has 0 bridgehead atoms. The van der Waals surface area contributed by atoms with Crippen molar-refractivity contribution in [3.63, 3.8) is 0 Å². The van der Waals surface area contributed by atoms with Crippen LogP contribution in [0.15, 0.2) is 18.2 Å². The number of hydrogen-bond acceptors (Lipinski definition) is 2. The van der Waals surface area contributed by atoms with Gasteiger partial charge in [0.2, 0.25) is 0 Å². The average molecular weight is 261 g/mol. The van der Waals surface area contributed by atoms with E-state index in [1.165, 1.54) is 0 Å². The van der Waals surface area contributed by atoms with Crippen molar-refractivity contribution in [2.24, 2.45) is 0 Å². The topological polar surface area (TPSA) is 29.5 Å². The van der Waals surface area contributed by atoms with Crippen molar-refractivity contribution in [2.75, 3.05) is 0 Å². The Morgan fingerprint density at radius 3 is 2.31 bits per heavy atom. The second kappa shape index (κ2) is 5.26. The molecular weight excluding hydrogens is 247 g/mol. The van der Waals surface area contributed by atoms with Crippen molar-refractivity contribution < 1.29 is 9.84 Å². The molecule has 1 fully saturated rings. The molecule has 0 spiro atoms. The van der Waals surface area contributed by atoms with Crippen LogP contribution in [0.5, 0.6) is 5.75 Å². The number of benzene rings is 1. The third-order valence-electron chi connectivity index (χ3n) is 2.79. The van der Waals surface area contributed by atoms with Crippen molar-refractivity contribution in [1.82, 2.24) is 0 Å². The van der Waals surface area contributed by atoms with Crippen LogP contribution in [-0.2, 0) is 0 Å². The Bertz CT molecular complexity index is 348. The van der Waals surface area contributed by atoms with E-state index in [4.69, 9.17) is 27.9 Å². The third-order valence-corrected chi connectivity index (χ3v) is 3.23. The van der Waals surface area contributed by atoms with Gasteiger partial charge in [-0.2, -0.15) is 0 Å². The van der Waals surface area contributed by atoms with Gasteiger partial charge in [-0.05, 0) is 37.5 Å². The lowest BCUT2D eigenvalue weighted by atomic mass is 9.95. The fourth-order valence-electron chi connectivity index (χ4n) is 1.99. The Hall–Kier alpha value is -0.440. The van der Waals surface area contributed by atoms with Gasteiger partial charge in [0.1, 0.15) is 11.9 Å². The van der Waals surface area contributed by atoms with Gasteiger partial charge in [-0.3, -0.25) is 0 Å². The van der Waals surface area contributed by atoms with Gasteiger partial charge in [0.15, 0.2) is 0 Å². The van der Waals surface area contributed by atoms with Crippen LogP contribution in [0.2, 0.25) is 10.0 Å². The molecule has 1 N–H and O–H groups in total. The second-order valence-electron chi connectivity index (χ2n) is 4.11. The number of aliphatic hydroxyl groups excluding tert-OH is 1. The number of aliphatic hydroxyl groups is 1. The molecule has 1 aromatic rings. The summed E-state index contributed by atoms with van der Waals surface area (Å²) < 4.78 is 5.71. The van der Waals surface area contributed by atoms with Gasteiger partial charge >= 0.3 is 0 Å². The van der Waals surface area contributed by atoms with E-state index in [1.54, 1.807) is 18.2 Å². The highest BCUT2D eigenvalue weighted by Crippen LogP contribution is 2.28. The van der Waals surface area contributed by atoms with Crippen LogP contribution < -0.4 is 4.74 Å². The van der Waals surface area contributed by atoms with E-state index in [0.717, 1.165) is 25.7 Å². The predicted octanol–water partition coefficient (Wildman–Crippen LogP) is 3.68. The van der Waals surface area contributed by atoms with Gasteiger partial charge in [0.25, 0.3) is 0 Å². The Labute approximate surface area is 105 Å². The van der Waals surface area contributed by atoms with E-state index in [0.29, 0.717) is 15.8 Å². The summed E-state index contributed by atoms with van der Waals surface area (Å²) >= 11 is 11.8. The van der Waals surface area contributed by atoms with Crippen molar-refractivity contribution in [3.05, 3.63) is 28.2 Å². The molecule has 0 aliphatic heterocycles. The molecule has 4 heteroatoms. The summed E-state index contributed by atoms with van der Waals surface area (Å²) in [5, 5.41) is 10.9. The van der Waals surface area contributed by atoms with Crippen LogP contribution in [0.4, 0.5) is 0 Å². The van der Waals surface area contributed by atoms with Gasteiger partial charge in [-0.25, -0.2) is 0 Å². The molecule has 0 radical (unpaired) electrons. The lowest BCUT2D eigenvalue weighted by Gasteiger charge is -2.28. The summed E-state index contributed by atoms with van der Waals surface area (Å²) in [6.45, 7) is 0. The summed E-state index contributed by atoms with van der Waals surface area (Å²) in [7, 11) is 0. The van der Waals surface area contributed by atoms with E-state index < -0.39 is 0 Å². The summed E-state index contributed by atoms with van der Waals surface area (Å²) in [6.07, 6.45) is 3.33. The first kappa shape index (κ1) is 12.0. The molecule has 1 aromatic carbocycles. The van der Waals surface area contributed by atoms with Crippen molar-refractivity contribution in [3.8, 4) is 5.75 Å². The monoisotopic (exact) mass is 260 g/mol. The minimum atomic E-state index is -0.383. The standard InChI is InChI=1S/C12H14Cl2O2/c13-8-5-9(14)7-10(6-8)16-12-4-2-1-3-11(12)15/h5-7,11-12,15H,1-4H2/t11-,12-/m0/s1. The minimum Gasteiger partial charge on any atom is -0.488 e. The number of ether oxygens (including phenoxy) is 1. The van der Waals surface area contributed by atoms with E-state index in [2.05, 4.69) is 0 Å². The number of rotatable bonds is 2. The van der Waals surface area contributed by atoms with E-state index in [1.807, 2.05) is 0 Å². The maximum atomic E-state index is 9.78. The highest BCUT2D eigenvalue weighted by molar-refractivity contribution is 6.34. The molecule has 2 atom stereocenters. The average Bonchev–Trinajstić information content (AvgIpc) is 2.20. The summed E-state index contributed by atoms with van der Waals surface area (Å²) in [5.74, 6) is 0.628. The zero-order valence-electron chi connectivity index (χ0n) is 8.83.